The molecule has 2 N–H and O–H groups in total. The van der Waals surface area contributed by atoms with Crippen molar-refractivity contribution in [3.05, 3.63) is 30.3 Å². The molecule has 1 aliphatic rings. The van der Waals surface area contributed by atoms with Crippen molar-refractivity contribution in [2.75, 3.05) is 0 Å². The minimum Gasteiger partial charge on any atom is -0.481 e. The van der Waals surface area contributed by atoms with Crippen LogP contribution in [0.15, 0.2) is 30.3 Å². The second-order valence-electron chi connectivity index (χ2n) is 4.84. The van der Waals surface area contributed by atoms with E-state index in [1.165, 1.54) is 0 Å². The number of imide groups is 1. The lowest BCUT2D eigenvalue weighted by molar-refractivity contribution is -0.139. The maximum Gasteiger partial charge on any atom is 0.261 e. The van der Waals surface area contributed by atoms with Gasteiger partial charge in [-0.25, -0.2) is 0 Å². The van der Waals surface area contributed by atoms with Crippen LogP contribution in [0.2, 0.25) is 0 Å². The van der Waals surface area contributed by atoms with E-state index in [0.29, 0.717) is 18.6 Å². The van der Waals surface area contributed by atoms with Gasteiger partial charge in [-0.1, -0.05) is 25.1 Å². The van der Waals surface area contributed by atoms with Crippen LogP contribution < -0.4 is 15.4 Å². The van der Waals surface area contributed by atoms with Gasteiger partial charge >= 0.3 is 0 Å². The van der Waals surface area contributed by atoms with Crippen LogP contribution in [0, 0.1) is 0 Å². The molecule has 1 fully saturated rings. The number of amides is 3. The normalized spacial score (nSPS) is 19.6. The summed E-state index contributed by atoms with van der Waals surface area (Å²) in [5.74, 6) is -0.522. The summed E-state index contributed by atoms with van der Waals surface area (Å²) < 4.78 is 5.61. The van der Waals surface area contributed by atoms with Gasteiger partial charge < -0.3 is 10.1 Å². The number of nitrogens with one attached hydrogen (secondary N) is 2. The van der Waals surface area contributed by atoms with E-state index in [1.807, 2.05) is 25.1 Å². The molecule has 1 aromatic carbocycles. The zero-order chi connectivity index (χ0) is 15.2. The van der Waals surface area contributed by atoms with Gasteiger partial charge in [-0.15, -0.1) is 0 Å². The van der Waals surface area contributed by atoms with Gasteiger partial charge in [-0.2, -0.15) is 0 Å². The second-order valence-corrected chi connectivity index (χ2v) is 4.84. The smallest absolute Gasteiger partial charge is 0.261 e. The fourth-order valence-electron chi connectivity index (χ4n) is 2.08. The first-order chi connectivity index (χ1) is 10.1. The molecule has 1 aromatic rings. The van der Waals surface area contributed by atoms with E-state index in [-0.39, 0.29) is 18.2 Å². The second kappa shape index (κ2) is 6.88. The molecule has 0 spiro atoms. The molecule has 1 heterocycles. The minimum atomic E-state index is -0.677. The van der Waals surface area contributed by atoms with Gasteiger partial charge in [0, 0.05) is 6.42 Å². The van der Waals surface area contributed by atoms with Gasteiger partial charge in [0.15, 0.2) is 6.10 Å². The third kappa shape index (κ3) is 4.05. The van der Waals surface area contributed by atoms with E-state index in [0.717, 1.165) is 0 Å². The van der Waals surface area contributed by atoms with Crippen molar-refractivity contribution >= 4 is 17.7 Å². The molecule has 6 nitrogen and oxygen atoms in total. The lowest BCUT2D eigenvalue weighted by Crippen LogP contribution is -2.54. The molecule has 1 aliphatic heterocycles. The number of ether oxygens (including phenoxy) is 1. The number of carbonyl (C=O) groups is 3. The van der Waals surface area contributed by atoms with Gasteiger partial charge in [-0.3, -0.25) is 19.7 Å². The highest BCUT2D eigenvalue weighted by Gasteiger charge is 2.30. The Kier molecular flexibility index (Phi) is 4.92. The number of carbonyl (C=O) groups excluding carboxylic acids is 3. The fraction of sp³-hybridized carbons (Fsp3) is 0.400. The molecule has 6 heteroatoms. The van der Waals surface area contributed by atoms with Crippen LogP contribution in [0.5, 0.6) is 5.75 Å². The molecular weight excluding hydrogens is 272 g/mol. The van der Waals surface area contributed by atoms with Crippen LogP contribution in [-0.2, 0) is 14.4 Å². The lowest BCUT2D eigenvalue weighted by atomic mass is 10.1. The molecule has 2 atom stereocenters. The zero-order valence-electron chi connectivity index (χ0n) is 11.8. The maximum absolute atomic E-state index is 12.2. The molecule has 0 saturated carbocycles. The van der Waals surface area contributed by atoms with Crippen LogP contribution in [0.4, 0.5) is 0 Å². The predicted molar refractivity (Wildman–Crippen MR) is 75.5 cm³/mol. The van der Waals surface area contributed by atoms with Crippen molar-refractivity contribution in [1.29, 1.82) is 0 Å². The summed E-state index contributed by atoms with van der Waals surface area (Å²) in [5, 5.41) is 4.84. The summed E-state index contributed by atoms with van der Waals surface area (Å²) in [6.45, 7) is 1.83. The summed E-state index contributed by atoms with van der Waals surface area (Å²) >= 11 is 0. The summed E-state index contributed by atoms with van der Waals surface area (Å²) in [4.78, 5) is 34.9. The molecule has 0 bridgehead atoms. The van der Waals surface area contributed by atoms with E-state index in [1.54, 1.807) is 12.1 Å². The highest BCUT2D eigenvalue weighted by atomic mass is 16.5. The first-order valence-corrected chi connectivity index (χ1v) is 6.96. The molecule has 21 heavy (non-hydrogen) atoms. The van der Waals surface area contributed by atoms with Crippen LogP contribution in [0.3, 0.4) is 0 Å². The fourth-order valence-corrected chi connectivity index (χ4v) is 2.08. The Hall–Kier alpha value is -2.37. The van der Waals surface area contributed by atoms with Crippen molar-refractivity contribution < 1.29 is 19.1 Å². The number of benzene rings is 1. The first-order valence-electron chi connectivity index (χ1n) is 6.96. The average Bonchev–Trinajstić information content (AvgIpc) is 2.48. The molecule has 1 saturated heterocycles. The Labute approximate surface area is 122 Å². The van der Waals surface area contributed by atoms with Gasteiger partial charge in [0.2, 0.25) is 11.8 Å². The maximum atomic E-state index is 12.2. The van der Waals surface area contributed by atoms with Crippen LogP contribution in [-0.4, -0.2) is 29.9 Å². The molecule has 2 unspecified atom stereocenters. The number of hydrogen-bond acceptors (Lipinski definition) is 4. The largest absolute Gasteiger partial charge is 0.481 e. The van der Waals surface area contributed by atoms with E-state index in [2.05, 4.69) is 10.6 Å². The Morgan fingerprint density at radius 2 is 2.10 bits per heavy atom. The standard InChI is InChI=1S/C15H18N2O4/c1-2-12(21-10-6-4-3-5-7-10)15(20)16-11-8-9-13(18)17-14(11)19/h3-7,11-12H,2,8-9H2,1H3,(H,16,20)(H,17,18,19). The zero-order valence-corrected chi connectivity index (χ0v) is 11.8. The van der Waals surface area contributed by atoms with Gasteiger partial charge in [0.05, 0.1) is 0 Å². The molecule has 0 radical (unpaired) electrons. The number of rotatable bonds is 5. The van der Waals surface area contributed by atoms with E-state index in [9.17, 15) is 14.4 Å². The number of piperidine rings is 1. The van der Waals surface area contributed by atoms with Crippen LogP contribution in [0.1, 0.15) is 26.2 Å². The van der Waals surface area contributed by atoms with E-state index < -0.39 is 18.1 Å². The van der Waals surface area contributed by atoms with Gasteiger partial charge in [0.1, 0.15) is 11.8 Å². The highest BCUT2D eigenvalue weighted by molar-refractivity contribution is 6.01. The minimum absolute atomic E-state index is 0.229. The molecular formula is C15H18N2O4. The van der Waals surface area contributed by atoms with Crippen molar-refractivity contribution in [1.82, 2.24) is 10.6 Å². The number of para-hydroxylation sites is 1. The number of hydrogen-bond donors (Lipinski definition) is 2. The third-order valence-corrected chi connectivity index (χ3v) is 3.24. The molecule has 2 rings (SSSR count). The average molecular weight is 290 g/mol. The van der Waals surface area contributed by atoms with E-state index >= 15 is 0 Å². The van der Waals surface area contributed by atoms with Crippen molar-refractivity contribution in [2.24, 2.45) is 0 Å². The van der Waals surface area contributed by atoms with Gasteiger partial charge in [-0.05, 0) is 25.0 Å². The first kappa shape index (κ1) is 15.0. The molecule has 0 aromatic heterocycles. The summed E-state index contributed by atoms with van der Waals surface area (Å²) in [7, 11) is 0. The van der Waals surface area contributed by atoms with Crippen molar-refractivity contribution in [3.8, 4) is 5.75 Å². The Bertz CT molecular complexity index is 530. The topological polar surface area (TPSA) is 84.5 Å². The van der Waals surface area contributed by atoms with Crippen molar-refractivity contribution in [2.45, 2.75) is 38.3 Å². The third-order valence-electron chi connectivity index (χ3n) is 3.24. The highest BCUT2D eigenvalue weighted by Crippen LogP contribution is 2.13. The Morgan fingerprint density at radius 1 is 1.38 bits per heavy atom. The quantitative estimate of drug-likeness (QED) is 0.784. The summed E-state index contributed by atoms with van der Waals surface area (Å²) in [5.41, 5.74) is 0. The lowest BCUT2D eigenvalue weighted by Gasteiger charge is -2.24. The summed E-state index contributed by atoms with van der Waals surface area (Å²) in [6, 6.07) is 8.35. The van der Waals surface area contributed by atoms with E-state index in [4.69, 9.17) is 4.74 Å². The molecule has 0 aliphatic carbocycles. The Morgan fingerprint density at radius 3 is 2.71 bits per heavy atom. The monoisotopic (exact) mass is 290 g/mol. The van der Waals surface area contributed by atoms with Crippen LogP contribution in [0.25, 0.3) is 0 Å². The van der Waals surface area contributed by atoms with Gasteiger partial charge in [0.25, 0.3) is 5.91 Å². The molecule has 3 amide bonds. The SMILES string of the molecule is CCC(Oc1ccccc1)C(=O)NC1CCC(=O)NC1=O. The van der Waals surface area contributed by atoms with Crippen molar-refractivity contribution in [3.63, 3.8) is 0 Å². The Balaban J connectivity index is 1.94. The summed E-state index contributed by atoms with van der Waals surface area (Å²) in [6.07, 6.45) is 0.358. The van der Waals surface area contributed by atoms with Crippen LogP contribution >= 0.6 is 0 Å². The molecule has 112 valence electrons. The predicted octanol–water partition coefficient (Wildman–Crippen LogP) is 0.765.